The number of aryl methyl sites for hydroxylation is 2. The predicted molar refractivity (Wildman–Crippen MR) is 110 cm³/mol. The third-order valence-electron chi connectivity index (χ3n) is 5.50. The van der Waals surface area contributed by atoms with Gasteiger partial charge in [-0.1, -0.05) is 48.5 Å². The molecular formula is C24H21N3O. The van der Waals surface area contributed by atoms with Crippen molar-refractivity contribution < 1.29 is 4.79 Å². The van der Waals surface area contributed by atoms with Crippen LogP contribution in [-0.2, 0) is 25.9 Å². The molecule has 0 fully saturated rings. The van der Waals surface area contributed by atoms with E-state index in [4.69, 9.17) is 0 Å². The molecule has 0 unspecified atom stereocenters. The minimum Gasteiger partial charge on any atom is -0.348 e. The molecule has 0 saturated carbocycles. The van der Waals surface area contributed by atoms with Crippen LogP contribution in [0.2, 0.25) is 0 Å². The first kappa shape index (κ1) is 16.8. The summed E-state index contributed by atoms with van der Waals surface area (Å²) in [6.07, 6.45) is 5.88. The third kappa shape index (κ3) is 3.07. The standard InChI is InChI=1S/C24H21N3O/c28-24(22-12-11-20-10-9-19-3-1-4-21(22)23(19)20)25-15-17-5-7-18(8-6-17)16-27-14-2-13-26-27/h1-8,11-14H,9-10,15-16H2,(H,25,28). The highest BCUT2D eigenvalue weighted by Crippen LogP contribution is 2.32. The van der Waals surface area contributed by atoms with Crippen LogP contribution in [0.4, 0.5) is 0 Å². The average Bonchev–Trinajstić information content (AvgIpc) is 3.39. The van der Waals surface area contributed by atoms with Gasteiger partial charge in [-0.2, -0.15) is 5.10 Å². The average molecular weight is 367 g/mol. The zero-order valence-corrected chi connectivity index (χ0v) is 15.6. The summed E-state index contributed by atoms with van der Waals surface area (Å²) >= 11 is 0. The molecule has 5 rings (SSSR count). The SMILES string of the molecule is O=C(NCc1ccc(Cn2cccn2)cc1)c1ccc2c3c(cccc13)CC2. The first-order chi connectivity index (χ1) is 13.8. The zero-order valence-electron chi connectivity index (χ0n) is 15.6. The summed E-state index contributed by atoms with van der Waals surface area (Å²) in [5.41, 5.74) is 5.75. The van der Waals surface area contributed by atoms with E-state index in [1.807, 2.05) is 23.0 Å². The highest BCUT2D eigenvalue weighted by Gasteiger charge is 2.18. The fourth-order valence-electron chi connectivity index (χ4n) is 4.07. The van der Waals surface area contributed by atoms with Gasteiger partial charge in [-0.25, -0.2) is 0 Å². The quantitative estimate of drug-likeness (QED) is 0.577. The molecule has 0 bridgehead atoms. The van der Waals surface area contributed by atoms with Crippen LogP contribution in [0.1, 0.15) is 32.6 Å². The Morgan fingerprint density at radius 1 is 0.929 bits per heavy atom. The predicted octanol–water partition coefficient (Wildman–Crippen LogP) is 4.11. The van der Waals surface area contributed by atoms with Crippen LogP contribution in [0.15, 0.2) is 73.1 Å². The largest absolute Gasteiger partial charge is 0.348 e. The van der Waals surface area contributed by atoms with Crippen molar-refractivity contribution in [3.8, 4) is 0 Å². The van der Waals surface area contributed by atoms with Gasteiger partial charge in [0.2, 0.25) is 0 Å². The second-order valence-electron chi connectivity index (χ2n) is 7.31. The van der Waals surface area contributed by atoms with E-state index in [9.17, 15) is 4.79 Å². The van der Waals surface area contributed by atoms with E-state index in [1.165, 1.54) is 22.1 Å². The molecule has 1 aromatic heterocycles. The van der Waals surface area contributed by atoms with Gasteiger partial charge in [-0.3, -0.25) is 9.48 Å². The van der Waals surface area contributed by atoms with Crippen LogP contribution in [0, 0.1) is 0 Å². The number of rotatable bonds is 5. The molecule has 1 aliphatic carbocycles. The Morgan fingerprint density at radius 2 is 1.71 bits per heavy atom. The van der Waals surface area contributed by atoms with Crippen molar-refractivity contribution in [1.29, 1.82) is 0 Å². The van der Waals surface area contributed by atoms with Crippen molar-refractivity contribution >= 4 is 16.7 Å². The fraction of sp³-hybridized carbons (Fsp3) is 0.167. The van der Waals surface area contributed by atoms with Crippen molar-refractivity contribution in [3.05, 3.63) is 101 Å². The number of hydrogen-bond donors (Lipinski definition) is 1. The highest BCUT2D eigenvalue weighted by molar-refractivity contribution is 6.09. The van der Waals surface area contributed by atoms with Gasteiger partial charge >= 0.3 is 0 Å². The Hall–Kier alpha value is -3.40. The smallest absolute Gasteiger partial charge is 0.252 e. The molecular weight excluding hydrogens is 346 g/mol. The number of nitrogens with zero attached hydrogens (tertiary/aromatic N) is 2. The lowest BCUT2D eigenvalue weighted by Crippen LogP contribution is -2.23. The molecule has 1 aliphatic rings. The molecule has 0 spiro atoms. The maximum atomic E-state index is 12.8. The number of nitrogens with one attached hydrogen (secondary N) is 1. The number of carbonyl (C=O) groups excluding carboxylic acids is 1. The second-order valence-corrected chi connectivity index (χ2v) is 7.31. The Morgan fingerprint density at radius 3 is 2.50 bits per heavy atom. The number of benzene rings is 3. The van der Waals surface area contributed by atoms with Gasteiger partial charge in [-0.05, 0) is 58.0 Å². The van der Waals surface area contributed by atoms with E-state index in [2.05, 4.69) is 58.9 Å². The van der Waals surface area contributed by atoms with Gasteiger partial charge in [0.25, 0.3) is 5.91 Å². The summed E-state index contributed by atoms with van der Waals surface area (Å²) in [5.74, 6) is -0.0174. The van der Waals surface area contributed by atoms with E-state index in [0.29, 0.717) is 6.54 Å². The minimum absolute atomic E-state index is 0.0174. The summed E-state index contributed by atoms with van der Waals surface area (Å²) in [6.45, 7) is 1.27. The summed E-state index contributed by atoms with van der Waals surface area (Å²) in [5, 5.41) is 9.65. The molecule has 4 nitrogen and oxygen atoms in total. The van der Waals surface area contributed by atoms with Crippen molar-refractivity contribution in [1.82, 2.24) is 15.1 Å². The lowest BCUT2D eigenvalue weighted by atomic mass is 9.99. The van der Waals surface area contributed by atoms with Crippen molar-refractivity contribution in [3.63, 3.8) is 0 Å². The van der Waals surface area contributed by atoms with Gasteiger partial charge in [0.1, 0.15) is 0 Å². The molecule has 4 heteroatoms. The van der Waals surface area contributed by atoms with E-state index >= 15 is 0 Å². The fourth-order valence-corrected chi connectivity index (χ4v) is 4.07. The van der Waals surface area contributed by atoms with Gasteiger partial charge in [0.15, 0.2) is 0 Å². The zero-order chi connectivity index (χ0) is 18.9. The molecule has 1 heterocycles. The number of hydrogen-bond acceptors (Lipinski definition) is 2. The van der Waals surface area contributed by atoms with Gasteiger partial charge in [-0.15, -0.1) is 0 Å². The number of amides is 1. The molecule has 0 saturated heterocycles. The van der Waals surface area contributed by atoms with Crippen molar-refractivity contribution in [2.24, 2.45) is 0 Å². The maximum Gasteiger partial charge on any atom is 0.252 e. The molecule has 1 N–H and O–H groups in total. The van der Waals surface area contributed by atoms with Crippen molar-refractivity contribution in [2.45, 2.75) is 25.9 Å². The monoisotopic (exact) mass is 367 g/mol. The summed E-state index contributed by atoms with van der Waals surface area (Å²) in [7, 11) is 0. The molecule has 138 valence electrons. The van der Waals surface area contributed by atoms with Gasteiger partial charge < -0.3 is 5.32 Å². The van der Waals surface area contributed by atoms with Crippen LogP contribution in [0.25, 0.3) is 10.8 Å². The minimum atomic E-state index is -0.0174. The van der Waals surface area contributed by atoms with Crippen LogP contribution in [0.5, 0.6) is 0 Å². The van der Waals surface area contributed by atoms with E-state index in [0.717, 1.165) is 35.9 Å². The van der Waals surface area contributed by atoms with Crippen LogP contribution in [-0.4, -0.2) is 15.7 Å². The molecule has 0 aliphatic heterocycles. The summed E-state index contributed by atoms with van der Waals surface area (Å²) in [6, 6.07) is 20.6. The van der Waals surface area contributed by atoms with Crippen molar-refractivity contribution in [2.75, 3.05) is 0 Å². The first-order valence-corrected chi connectivity index (χ1v) is 9.65. The first-order valence-electron chi connectivity index (χ1n) is 9.65. The van der Waals surface area contributed by atoms with Gasteiger partial charge in [0, 0.05) is 24.5 Å². The summed E-state index contributed by atoms with van der Waals surface area (Å²) in [4.78, 5) is 12.8. The Bertz CT molecular complexity index is 1130. The van der Waals surface area contributed by atoms with Crippen LogP contribution < -0.4 is 5.32 Å². The van der Waals surface area contributed by atoms with Gasteiger partial charge in [0.05, 0.1) is 6.54 Å². The number of carbonyl (C=O) groups is 1. The molecule has 28 heavy (non-hydrogen) atoms. The second kappa shape index (κ2) is 6.97. The van der Waals surface area contributed by atoms with E-state index in [1.54, 1.807) is 6.20 Å². The molecule has 3 aromatic carbocycles. The highest BCUT2D eigenvalue weighted by atomic mass is 16.1. The molecule has 0 radical (unpaired) electrons. The Kier molecular flexibility index (Phi) is 4.17. The topological polar surface area (TPSA) is 46.9 Å². The summed E-state index contributed by atoms with van der Waals surface area (Å²) < 4.78 is 1.90. The lowest BCUT2D eigenvalue weighted by Gasteiger charge is -2.10. The molecule has 1 amide bonds. The lowest BCUT2D eigenvalue weighted by molar-refractivity contribution is 0.0952. The molecule has 0 atom stereocenters. The Balaban J connectivity index is 1.30. The van der Waals surface area contributed by atoms with E-state index in [-0.39, 0.29) is 5.91 Å². The van der Waals surface area contributed by atoms with Crippen LogP contribution in [0.3, 0.4) is 0 Å². The van der Waals surface area contributed by atoms with E-state index < -0.39 is 0 Å². The number of aromatic nitrogens is 2. The van der Waals surface area contributed by atoms with Crippen LogP contribution >= 0.6 is 0 Å². The maximum absolute atomic E-state index is 12.8. The molecule has 4 aromatic rings. The Labute approximate surface area is 163 Å². The normalized spacial score (nSPS) is 12.4. The third-order valence-corrected chi connectivity index (χ3v) is 5.50.